The number of carboxylic acid groups (broad SMARTS) is 2. The smallest absolute Gasteiger partial charge is 0.0548 e. The number of hydrogen-bond acceptors (Lipinski definition) is 6. The zero-order valence-corrected chi connectivity index (χ0v) is 61.9. The molecular weight excluding hydrogens is 1520 g/mol. The molecule has 10 aliphatic rings. The number of fused-ring (bicyclic) bond motifs is 10. The molecule has 0 aromatic heterocycles. The first kappa shape index (κ1) is 79.8. The summed E-state index contributed by atoms with van der Waals surface area (Å²) in [6, 6.07) is -0.319. The molecule has 0 amide bonds. The molecule has 10 unspecified atom stereocenters. The van der Waals surface area contributed by atoms with E-state index in [2.05, 4.69) is 100 Å². The summed E-state index contributed by atoms with van der Waals surface area (Å²) >= 11 is 3.22. The van der Waals surface area contributed by atoms with Crippen LogP contribution in [0.4, 0.5) is 0 Å². The molecule has 88 heavy (non-hydrogen) atoms. The van der Waals surface area contributed by atoms with E-state index in [-0.39, 0.29) is 49.6 Å². The maximum absolute atomic E-state index is 10.9. The fourth-order valence-electron chi connectivity index (χ4n) is 20.2. The normalized spacial score (nSPS) is 38.2. The maximum Gasteiger partial charge on any atom is -0.0548 e. The number of carboxylic acids is 2. The molecule has 20 atom stereocenters. The van der Waals surface area contributed by atoms with Gasteiger partial charge >= 0.3 is 68.3 Å². The van der Waals surface area contributed by atoms with E-state index >= 15 is 0 Å². The first-order chi connectivity index (χ1) is 41.6. The summed E-state index contributed by atoms with van der Waals surface area (Å²) in [5.74, 6) is 8.66. The molecule has 0 saturated heterocycles. The summed E-state index contributed by atoms with van der Waals surface area (Å²) in [6.45, 7) is 24.6. The van der Waals surface area contributed by atoms with Crippen LogP contribution in [0.5, 0.6) is 0 Å². The minimum absolute atomic E-state index is 0.0799. The molecule has 0 aromatic carbocycles. The van der Waals surface area contributed by atoms with E-state index < -0.39 is 17.0 Å². The Labute approximate surface area is 564 Å². The van der Waals surface area contributed by atoms with Gasteiger partial charge in [0.05, 0.1) is 12.2 Å². The maximum atomic E-state index is 10.9. The quantitative estimate of drug-likeness (QED) is 0.0754. The third-order valence-corrected chi connectivity index (χ3v) is 24.9. The zero-order valence-electron chi connectivity index (χ0n) is 55.8. The first-order valence-electron chi connectivity index (χ1n) is 34.6. The predicted molar refractivity (Wildman–Crippen MR) is 351 cm³/mol. The molecule has 18 heteroatoms. The average Bonchev–Trinajstić information content (AvgIpc) is 2.26. The van der Waals surface area contributed by atoms with Crippen LogP contribution < -0.4 is 0 Å². The molecule has 14 nitrogen and oxygen atoms in total. The SMILES string of the molecule is CC(C)CCC[C@@H](C)[C@H]1CCC2C3CC=C4C[C@@H](OCC(=O)O)CC[C@]4(C)C3CC[C@@]21C.CC(C)CCC[C@@H](C)[C@H]1CCC2C3CC=C4C[C@@H](OCC(=O)O)CC[C@]4(C)C3CC[C@@]21C.O=[N+]([O-])O.[Cl][Pt].[Cl][Pt].[NH-]C1CCCCC1[NH-].[NH-]C1CCCCC1[NH-]. The van der Waals surface area contributed by atoms with E-state index in [4.69, 9.17) is 57.9 Å². The molecule has 0 heterocycles. The second-order valence-electron chi connectivity index (χ2n) is 31.0. The van der Waals surface area contributed by atoms with Gasteiger partial charge in [0, 0.05) is 0 Å². The summed E-state index contributed by atoms with van der Waals surface area (Å²) in [7, 11) is 9.22. The fraction of sp³-hybridized carbons (Fsp3) is 0.914. The third kappa shape index (κ3) is 21.7. The summed E-state index contributed by atoms with van der Waals surface area (Å²) in [5, 5.41) is 31.6. The topological polar surface area (TPSA) is 252 Å². The van der Waals surface area contributed by atoms with Gasteiger partial charge < -0.3 is 47.8 Å². The Morgan fingerprint density at radius 1 is 0.545 bits per heavy atom. The van der Waals surface area contributed by atoms with Crippen LogP contribution in [0.15, 0.2) is 23.3 Å². The van der Waals surface area contributed by atoms with E-state index in [0.29, 0.717) is 21.7 Å². The van der Waals surface area contributed by atoms with Crippen LogP contribution in [-0.4, -0.2) is 82.0 Å². The van der Waals surface area contributed by atoms with Crippen molar-refractivity contribution in [1.29, 1.82) is 0 Å². The fourth-order valence-corrected chi connectivity index (χ4v) is 20.2. The van der Waals surface area contributed by atoms with Crippen molar-refractivity contribution >= 4 is 30.8 Å². The van der Waals surface area contributed by atoms with Gasteiger partial charge in [0.2, 0.25) is 0 Å². The zero-order chi connectivity index (χ0) is 65.7. The molecule has 0 radical (unpaired) electrons. The van der Waals surface area contributed by atoms with Crippen LogP contribution >= 0.6 is 18.8 Å². The monoisotopic (exact) mass is 1640 g/mol. The Bertz CT molecular complexity index is 2000. The number of hydrogen-bond donors (Lipinski definition) is 3. The van der Waals surface area contributed by atoms with Crippen LogP contribution in [0.25, 0.3) is 22.9 Å². The van der Waals surface area contributed by atoms with Gasteiger partial charge in [-0.2, -0.15) is 24.2 Å². The number of rotatable bonds is 16. The molecular formula is C70H121Cl2N5O9Pt2-4. The Balaban J connectivity index is 0.000000275. The van der Waals surface area contributed by atoms with Gasteiger partial charge in [-0.25, -0.2) is 9.59 Å². The molecule has 7 N–H and O–H groups in total. The van der Waals surface area contributed by atoms with Crippen LogP contribution in [0.3, 0.4) is 0 Å². The van der Waals surface area contributed by atoms with Crippen LogP contribution in [-0.2, 0) is 56.6 Å². The Hall–Kier alpha value is -0.663. The van der Waals surface area contributed by atoms with Crippen LogP contribution in [0, 0.1) is 103 Å². The van der Waals surface area contributed by atoms with Gasteiger partial charge in [0.15, 0.2) is 0 Å². The predicted octanol–water partition coefficient (Wildman–Crippen LogP) is 20.8. The number of allylic oxidation sites excluding steroid dienone is 2. The van der Waals surface area contributed by atoms with Crippen molar-refractivity contribution in [3.8, 4) is 0 Å². The van der Waals surface area contributed by atoms with Gasteiger partial charge in [-0.3, -0.25) is 0 Å². The Kier molecular flexibility index (Phi) is 34.6. The van der Waals surface area contributed by atoms with Crippen molar-refractivity contribution in [2.45, 2.75) is 298 Å². The van der Waals surface area contributed by atoms with E-state index in [1.54, 1.807) is 48.7 Å². The van der Waals surface area contributed by atoms with Crippen molar-refractivity contribution in [3.05, 3.63) is 56.3 Å². The molecule has 0 bridgehead atoms. The van der Waals surface area contributed by atoms with E-state index in [0.717, 1.165) is 122 Å². The number of halogens is 2. The van der Waals surface area contributed by atoms with Crippen LogP contribution in [0.1, 0.15) is 262 Å². The molecule has 0 spiro atoms. The van der Waals surface area contributed by atoms with Crippen LogP contribution in [0.2, 0.25) is 0 Å². The first-order valence-corrected chi connectivity index (χ1v) is 40.2. The second kappa shape index (κ2) is 38.2. The van der Waals surface area contributed by atoms with E-state index in [1.807, 2.05) is 0 Å². The summed E-state index contributed by atoms with van der Waals surface area (Å²) in [6.07, 6.45) is 42.4. The standard InChI is InChI=1S/2C29H48O3.2C6H12N2.2ClH.HNO3.2Pt/c2*1-19(2)7-6-8-20(3)24-11-12-25-23-10-9-21-17-22(32-18-27(30)31)13-15-28(21,4)26(23)14-16-29(24,25)5;2*7-5-3-1-2-4-6(5)8;;;2-1(3)4;;/h2*9,19-20,22-26H,6-8,10-18H2,1-5H3,(H,30,31);2*5-8H,1-4H2;2*1H;(H,2,3,4);;/q;;2*-2;;;;2*+1/p-2/t2*20-,22+,23?,24-,25?,26?,28+,29-;;;;;;;/m11......./s1. The van der Waals surface area contributed by atoms with Gasteiger partial charge in [-0.15, -0.1) is 10.1 Å². The minimum Gasteiger partial charge on any atom is -0.676 e. The van der Waals surface area contributed by atoms with Crippen molar-refractivity contribution in [2.75, 3.05) is 13.2 Å². The van der Waals surface area contributed by atoms with Crippen molar-refractivity contribution in [2.24, 2.45) is 92.7 Å². The van der Waals surface area contributed by atoms with Gasteiger partial charge in [0.25, 0.3) is 5.09 Å². The summed E-state index contributed by atoms with van der Waals surface area (Å²) in [4.78, 5) is 30.2. The molecule has 518 valence electrons. The Morgan fingerprint density at radius 2 is 0.864 bits per heavy atom. The number of aliphatic carboxylic acids is 2. The van der Waals surface area contributed by atoms with Gasteiger partial charge in [-0.05, 0) is 195 Å². The van der Waals surface area contributed by atoms with Crippen molar-refractivity contribution in [3.63, 3.8) is 0 Å². The molecule has 10 rings (SSSR count). The molecule has 8 fully saturated rings. The molecule has 0 aromatic rings. The number of carbonyl (C=O) groups is 2. The second-order valence-corrected chi connectivity index (χ2v) is 31.0. The summed E-state index contributed by atoms with van der Waals surface area (Å²) in [5.41, 5.74) is 34.0. The number of ether oxygens (including phenoxy) is 2. The Morgan fingerprint density at radius 3 is 1.15 bits per heavy atom. The molecule has 0 aliphatic heterocycles. The molecule has 10 aliphatic carbocycles. The molecule has 8 saturated carbocycles. The summed E-state index contributed by atoms with van der Waals surface area (Å²) < 4.78 is 11.4. The number of nitrogens with zero attached hydrogens (tertiary/aromatic N) is 1. The van der Waals surface area contributed by atoms with Gasteiger partial charge in [0.1, 0.15) is 13.2 Å². The van der Waals surface area contributed by atoms with Crippen molar-refractivity contribution in [1.82, 2.24) is 0 Å². The van der Waals surface area contributed by atoms with E-state index in [1.165, 1.54) is 141 Å². The third-order valence-electron chi connectivity index (χ3n) is 24.9. The van der Waals surface area contributed by atoms with E-state index in [9.17, 15) is 9.59 Å². The van der Waals surface area contributed by atoms with Crippen molar-refractivity contribution < 1.29 is 77.1 Å². The average molecular weight is 1640 g/mol. The van der Waals surface area contributed by atoms with Gasteiger partial charge in [-0.1, -0.05) is 182 Å². The number of nitrogens with one attached hydrogen (secondary N) is 4. The largest absolute Gasteiger partial charge is 0.676 e. The minimum atomic E-state index is -1.50.